The van der Waals surface area contributed by atoms with Crippen LogP contribution in [0.5, 0.6) is 0 Å². The van der Waals surface area contributed by atoms with Crippen molar-refractivity contribution in [2.24, 2.45) is 0 Å². The van der Waals surface area contributed by atoms with Gasteiger partial charge in [-0.15, -0.1) is 11.3 Å². The van der Waals surface area contributed by atoms with Crippen LogP contribution in [0.15, 0.2) is 11.4 Å². The highest BCUT2D eigenvalue weighted by Crippen LogP contribution is 2.35. The summed E-state index contributed by atoms with van der Waals surface area (Å²) in [5, 5.41) is 2.12. The molecule has 2 atom stereocenters. The van der Waals surface area contributed by atoms with Gasteiger partial charge in [-0.05, 0) is 49.2 Å². The lowest BCUT2D eigenvalue weighted by Crippen LogP contribution is -2.47. The molecule has 0 bridgehead atoms. The van der Waals surface area contributed by atoms with E-state index < -0.39 is 0 Å². The molecule has 1 aromatic rings. The number of methoxy groups -OCH3 is 1. The summed E-state index contributed by atoms with van der Waals surface area (Å²) in [6.45, 7) is 4.02. The number of amides is 1. The molecule has 3 heterocycles. The molecule has 0 spiro atoms. The van der Waals surface area contributed by atoms with Gasteiger partial charge in [0.15, 0.2) is 0 Å². The molecule has 1 amide bonds. The molecule has 3 rings (SSSR count). The number of thiophene rings is 1. The quantitative estimate of drug-likeness (QED) is 0.791. The summed E-state index contributed by atoms with van der Waals surface area (Å²) < 4.78 is 4.87. The second-order valence-electron chi connectivity index (χ2n) is 6.21. The Hall–Kier alpha value is -1.40. The molecule has 2 aliphatic heterocycles. The lowest BCUT2D eigenvalue weighted by Gasteiger charge is -2.37. The van der Waals surface area contributed by atoms with Gasteiger partial charge >= 0.3 is 5.97 Å². The van der Waals surface area contributed by atoms with Crippen LogP contribution in [0.1, 0.15) is 42.7 Å². The topological polar surface area (TPSA) is 49.9 Å². The fourth-order valence-electron chi connectivity index (χ4n) is 3.82. The van der Waals surface area contributed by atoms with E-state index >= 15 is 0 Å². The van der Waals surface area contributed by atoms with Crippen molar-refractivity contribution in [1.29, 1.82) is 0 Å². The van der Waals surface area contributed by atoms with Crippen molar-refractivity contribution in [2.45, 2.75) is 44.7 Å². The van der Waals surface area contributed by atoms with Crippen LogP contribution < -0.4 is 0 Å². The fraction of sp³-hybridized carbons (Fsp3) is 0.647. The molecule has 126 valence electrons. The van der Waals surface area contributed by atoms with E-state index in [1.807, 2.05) is 9.80 Å². The first-order chi connectivity index (χ1) is 11.2. The summed E-state index contributed by atoms with van der Waals surface area (Å²) in [5.74, 6) is -0.0920. The molecule has 1 fully saturated rings. The average Bonchev–Trinajstić information content (AvgIpc) is 3.21. The van der Waals surface area contributed by atoms with Gasteiger partial charge in [0.05, 0.1) is 19.7 Å². The molecule has 2 aliphatic rings. The van der Waals surface area contributed by atoms with Crippen LogP contribution in [-0.2, 0) is 20.7 Å². The largest absolute Gasteiger partial charge is 0.468 e. The molecule has 0 saturated carbocycles. The molecule has 1 aromatic heterocycles. The van der Waals surface area contributed by atoms with E-state index in [9.17, 15) is 9.59 Å². The molecule has 0 unspecified atom stereocenters. The maximum Gasteiger partial charge on any atom is 0.323 e. The van der Waals surface area contributed by atoms with Gasteiger partial charge in [-0.1, -0.05) is 6.92 Å². The van der Waals surface area contributed by atoms with Gasteiger partial charge in [-0.3, -0.25) is 14.5 Å². The zero-order valence-corrected chi connectivity index (χ0v) is 14.6. The number of likely N-dealkylation sites (tertiary alicyclic amines) is 1. The van der Waals surface area contributed by atoms with Crippen molar-refractivity contribution >= 4 is 23.2 Å². The summed E-state index contributed by atoms with van der Waals surface area (Å²) >= 11 is 1.79. The van der Waals surface area contributed by atoms with E-state index in [-0.39, 0.29) is 24.0 Å². The fourth-order valence-corrected chi connectivity index (χ4v) is 4.75. The first-order valence-electron chi connectivity index (χ1n) is 8.33. The number of carbonyl (C=O) groups excluding carboxylic acids is 2. The van der Waals surface area contributed by atoms with Crippen molar-refractivity contribution in [3.63, 3.8) is 0 Å². The maximum absolute atomic E-state index is 12.8. The molecule has 0 radical (unpaired) electrons. The number of ether oxygens (including phenoxy) is 1. The predicted octanol–water partition coefficient (Wildman–Crippen LogP) is 2.22. The first kappa shape index (κ1) is 16.5. The Labute approximate surface area is 141 Å². The minimum absolute atomic E-state index is 0.129. The number of rotatable bonds is 4. The third-order valence-corrected chi connectivity index (χ3v) is 5.97. The Morgan fingerprint density at radius 3 is 2.96 bits per heavy atom. The Kier molecular flexibility index (Phi) is 5.02. The van der Waals surface area contributed by atoms with E-state index in [4.69, 9.17) is 4.74 Å². The highest BCUT2D eigenvalue weighted by Gasteiger charge is 2.36. The summed E-state index contributed by atoms with van der Waals surface area (Å²) in [6, 6.07) is 2.07. The van der Waals surface area contributed by atoms with E-state index in [1.165, 1.54) is 17.6 Å². The van der Waals surface area contributed by atoms with Gasteiger partial charge in [-0.25, -0.2) is 0 Å². The van der Waals surface area contributed by atoms with Crippen molar-refractivity contribution in [3.8, 4) is 0 Å². The number of carbonyl (C=O) groups is 2. The molecule has 5 nitrogen and oxygen atoms in total. The first-order valence-corrected chi connectivity index (χ1v) is 9.21. The SMILES string of the molecule is CC[C@H]1c2ccsc2CCN1C(=O)CN1CCC[C@H]1C(=O)OC. The molecule has 6 heteroatoms. The van der Waals surface area contributed by atoms with Crippen molar-refractivity contribution < 1.29 is 14.3 Å². The monoisotopic (exact) mass is 336 g/mol. The Morgan fingerprint density at radius 1 is 1.39 bits per heavy atom. The van der Waals surface area contributed by atoms with Gasteiger partial charge in [0.1, 0.15) is 6.04 Å². The van der Waals surface area contributed by atoms with Gasteiger partial charge in [0, 0.05) is 11.4 Å². The maximum atomic E-state index is 12.8. The smallest absolute Gasteiger partial charge is 0.323 e. The zero-order valence-electron chi connectivity index (χ0n) is 13.8. The minimum Gasteiger partial charge on any atom is -0.468 e. The standard InChI is InChI=1S/C17H24N2O3S/c1-3-13-12-7-10-23-15(12)6-9-19(13)16(20)11-18-8-4-5-14(18)17(21)22-2/h7,10,13-14H,3-6,8-9,11H2,1-2H3/t13-,14-/m0/s1. The molecule has 0 aromatic carbocycles. The summed E-state index contributed by atoms with van der Waals surface area (Å²) in [7, 11) is 1.41. The molecular formula is C17H24N2O3S. The number of esters is 1. The molecular weight excluding hydrogens is 312 g/mol. The van der Waals surface area contributed by atoms with Crippen molar-refractivity contribution in [3.05, 3.63) is 21.9 Å². The normalized spacial score (nSPS) is 24.5. The second kappa shape index (κ2) is 7.01. The minimum atomic E-state index is -0.259. The van der Waals surface area contributed by atoms with E-state index in [1.54, 1.807) is 11.3 Å². The Balaban J connectivity index is 1.70. The lowest BCUT2D eigenvalue weighted by molar-refractivity contribution is -0.147. The number of fused-ring (bicyclic) bond motifs is 1. The van der Waals surface area contributed by atoms with Crippen LogP contribution in [0.3, 0.4) is 0 Å². The van der Waals surface area contributed by atoms with Crippen LogP contribution in [0.2, 0.25) is 0 Å². The van der Waals surface area contributed by atoms with Crippen LogP contribution >= 0.6 is 11.3 Å². The third kappa shape index (κ3) is 3.15. The molecule has 0 aliphatic carbocycles. The highest BCUT2D eigenvalue weighted by molar-refractivity contribution is 7.10. The highest BCUT2D eigenvalue weighted by atomic mass is 32.1. The average molecular weight is 336 g/mol. The van der Waals surface area contributed by atoms with Gasteiger partial charge in [0.2, 0.25) is 5.91 Å². The molecule has 23 heavy (non-hydrogen) atoms. The van der Waals surface area contributed by atoms with Crippen molar-refractivity contribution in [1.82, 2.24) is 9.80 Å². The van der Waals surface area contributed by atoms with Gasteiger partial charge in [-0.2, -0.15) is 0 Å². The lowest BCUT2D eigenvalue weighted by atomic mass is 9.97. The summed E-state index contributed by atoms with van der Waals surface area (Å²) in [4.78, 5) is 30.1. The Morgan fingerprint density at radius 2 is 2.22 bits per heavy atom. The molecule has 0 N–H and O–H groups in total. The number of nitrogens with zero attached hydrogens (tertiary/aromatic N) is 2. The van der Waals surface area contributed by atoms with E-state index in [2.05, 4.69) is 18.4 Å². The third-order valence-electron chi connectivity index (χ3n) is 4.98. The van der Waals surface area contributed by atoms with Crippen LogP contribution in [-0.4, -0.2) is 54.5 Å². The van der Waals surface area contributed by atoms with Crippen LogP contribution in [0.4, 0.5) is 0 Å². The van der Waals surface area contributed by atoms with E-state index in [0.29, 0.717) is 6.54 Å². The number of hydrogen-bond donors (Lipinski definition) is 0. The predicted molar refractivity (Wildman–Crippen MR) is 89.4 cm³/mol. The number of hydrogen-bond acceptors (Lipinski definition) is 5. The second-order valence-corrected chi connectivity index (χ2v) is 7.21. The van der Waals surface area contributed by atoms with Crippen LogP contribution in [0, 0.1) is 0 Å². The Bertz CT molecular complexity index is 586. The van der Waals surface area contributed by atoms with Gasteiger partial charge < -0.3 is 9.64 Å². The van der Waals surface area contributed by atoms with E-state index in [0.717, 1.165) is 38.8 Å². The molecule has 1 saturated heterocycles. The van der Waals surface area contributed by atoms with Crippen LogP contribution in [0.25, 0.3) is 0 Å². The van der Waals surface area contributed by atoms with Crippen molar-refractivity contribution in [2.75, 3.05) is 26.7 Å². The van der Waals surface area contributed by atoms with Gasteiger partial charge in [0.25, 0.3) is 0 Å². The summed E-state index contributed by atoms with van der Waals surface area (Å²) in [5.41, 5.74) is 1.31. The summed E-state index contributed by atoms with van der Waals surface area (Å²) in [6.07, 6.45) is 3.59. The zero-order chi connectivity index (χ0) is 16.4.